The summed E-state index contributed by atoms with van der Waals surface area (Å²) in [7, 11) is 0. The van der Waals surface area contributed by atoms with Crippen LogP contribution in [0.2, 0.25) is 0 Å². The van der Waals surface area contributed by atoms with E-state index in [4.69, 9.17) is 20.2 Å². The van der Waals surface area contributed by atoms with Crippen molar-refractivity contribution in [3.63, 3.8) is 0 Å². The van der Waals surface area contributed by atoms with E-state index in [0.29, 0.717) is 32.7 Å². The number of nitrogens with zero attached hydrogens (tertiary/aromatic N) is 2. The molecule has 0 saturated carbocycles. The normalized spacial score (nSPS) is 10.4. The molecule has 0 amide bonds. The first-order valence-electron chi connectivity index (χ1n) is 6.33. The highest BCUT2D eigenvalue weighted by molar-refractivity contribution is 5.28. The first kappa shape index (κ1) is 15.4. The van der Waals surface area contributed by atoms with Crippen LogP contribution in [0.25, 0.3) is 0 Å². The Morgan fingerprint density at radius 3 is 2.21 bits per heavy atom. The van der Waals surface area contributed by atoms with Gasteiger partial charge in [-0.2, -0.15) is 5.26 Å². The summed E-state index contributed by atoms with van der Waals surface area (Å²) in [5.41, 5.74) is 0.969. The van der Waals surface area contributed by atoms with Gasteiger partial charge in [0.05, 0.1) is 25.7 Å². The van der Waals surface area contributed by atoms with Crippen LogP contribution in [0, 0.1) is 11.3 Å². The fourth-order valence-electron chi connectivity index (χ4n) is 1.71. The topological polar surface area (TPSA) is 76.7 Å². The van der Waals surface area contributed by atoms with Crippen molar-refractivity contribution in [2.45, 2.75) is 6.42 Å². The van der Waals surface area contributed by atoms with Crippen LogP contribution >= 0.6 is 0 Å². The van der Waals surface area contributed by atoms with Gasteiger partial charge in [0.2, 0.25) is 0 Å². The second-order valence-corrected chi connectivity index (χ2v) is 4.12. The molecule has 104 valence electrons. The molecular formula is C14H20N2O3. The molecule has 0 heterocycles. The molecule has 0 bridgehead atoms. The lowest BCUT2D eigenvalue weighted by Gasteiger charge is -2.20. The second-order valence-electron chi connectivity index (χ2n) is 4.12. The maximum atomic E-state index is 8.87. The van der Waals surface area contributed by atoms with Crippen molar-refractivity contribution in [2.75, 3.05) is 39.5 Å². The SMILES string of the molecule is N#CCc1ccc(OCCN(CCO)CCO)cc1. The minimum Gasteiger partial charge on any atom is -0.492 e. The first-order chi connectivity index (χ1) is 9.30. The molecule has 0 fully saturated rings. The van der Waals surface area contributed by atoms with Crippen LogP contribution in [-0.4, -0.2) is 54.6 Å². The van der Waals surface area contributed by atoms with Gasteiger partial charge in [-0.1, -0.05) is 12.1 Å². The minimum absolute atomic E-state index is 0.0723. The van der Waals surface area contributed by atoms with Crippen molar-refractivity contribution in [2.24, 2.45) is 0 Å². The molecule has 1 aromatic carbocycles. The van der Waals surface area contributed by atoms with Gasteiger partial charge in [0.1, 0.15) is 12.4 Å². The lowest BCUT2D eigenvalue weighted by molar-refractivity contribution is 0.141. The smallest absolute Gasteiger partial charge is 0.119 e. The zero-order valence-electron chi connectivity index (χ0n) is 11.0. The molecule has 0 spiro atoms. The highest BCUT2D eigenvalue weighted by atomic mass is 16.5. The van der Waals surface area contributed by atoms with E-state index in [1.807, 2.05) is 29.2 Å². The molecule has 1 aromatic rings. The van der Waals surface area contributed by atoms with E-state index < -0.39 is 0 Å². The number of benzene rings is 1. The largest absolute Gasteiger partial charge is 0.492 e. The Bertz CT molecular complexity index is 381. The number of hydrogen-bond acceptors (Lipinski definition) is 5. The standard InChI is InChI=1S/C14H20N2O3/c15-6-5-13-1-3-14(4-2-13)19-12-9-16(7-10-17)8-11-18/h1-4,17-18H,5,7-12H2. The van der Waals surface area contributed by atoms with E-state index in [1.165, 1.54) is 0 Å². The number of ether oxygens (including phenoxy) is 1. The lowest BCUT2D eigenvalue weighted by Crippen LogP contribution is -2.33. The zero-order chi connectivity index (χ0) is 13.9. The predicted octanol–water partition coefficient (Wildman–Crippen LogP) is 0.418. The van der Waals surface area contributed by atoms with Gasteiger partial charge in [0, 0.05) is 19.6 Å². The summed E-state index contributed by atoms with van der Waals surface area (Å²) >= 11 is 0. The molecule has 0 saturated heterocycles. The van der Waals surface area contributed by atoms with Gasteiger partial charge >= 0.3 is 0 Å². The van der Waals surface area contributed by atoms with Gasteiger partial charge in [0.25, 0.3) is 0 Å². The summed E-state index contributed by atoms with van der Waals surface area (Å²) in [4.78, 5) is 1.93. The van der Waals surface area contributed by atoms with Crippen LogP contribution in [0.4, 0.5) is 0 Å². The van der Waals surface area contributed by atoms with Gasteiger partial charge in [0.15, 0.2) is 0 Å². The van der Waals surface area contributed by atoms with Crippen LogP contribution in [0.1, 0.15) is 5.56 Å². The van der Waals surface area contributed by atoms with E-state index in [1.54, 1.807) is 0 Å². The Labute approximate surface area is 113 Å². The monoisotopic (exact) mass is 264 g/mol. The van der Waals surface area contributed by atoms with Gasteiger partial charge in [-0.15, -0.1) is 0 Å². The molecule has 5 nitrogen and oxygen atoms in total. The number of hydrogen-bond donors (Lipinski definition) is 2. The molecule has 0 aliphatic carbocycles. The molecule has 0 radical (unpaired) electrons. The quantitative estimate of drug-likeness (QED) is 0.676. The van der Waals surface area contributed by atoms with Crippen molar-refractivity contribution in [1.29, 1.82) is 5.26 Å². The summed E-state index contributed by atoms with van der Waals surface area (Å²) in [5.74, 6) is 0.759. The summed E-state index contributed by atoms with van der Waals surface area (Å²) in [5, 5.41) is 26.3. The molecule has 0 aliphatic heterocycles. The maximum Gasteiger partial charge on any atom is 0.119 e. The lowest BCUT2D eigenvalue weighted by atomic mass is 10.2. The van der Waals surface area contributed by atoms with Crippen molar-refractivity contribution in [3.05, 3.63) is 29.8 Å². The van der Waals surface area contributed by atoms with Gasteiger partial charge in [-0.3, -0.25) is 4.90 Å². The van der Waals surface area contributed by atoms with E-state index in [0.717, 1.165) is 11.3 Å². The number of rotatable bonds is 9. The Hall–Kier alpha value is -1.61. The van der Waals surface area contributed by atoms with E-state index in [9.17, 15) is 0 Å². The Morgan fingerprint density at radius 2 is 1.68 bits per heavy atom. The fraction of sp³-hybridized carbons (Fsp3) is 0.500. The number of nitriles is 1. The summed E-state index contributed by atoms with van der Waals surface area (Å²) in [6, 6.07) is 9.53. The van der Waals surface area contributed by atoms with E-state index in [-0.39, 0.29) is 13.2 Å². The van der Waals surface area contributed by atoms with Crippen LogP contribution in [0.15, 0.2) is 24.3 Å². The minimum atomic E-state index is 0.0723. The van der Waals surface area contributed by atoms with E-state index in [2.05, 4.69) is 6.07 Å². The molecule has 2 N–H and O–H groups in total. The van der Waals surface area contributed by atoms with Gasteiger partial charge in [-0.25, -0.2) is 0 Å². The first-order valence-corrected chi connectivity index (χ1v) is 6.33. The molecule has 0 aromatic heterocycles. The molecule has 1 rings (SSSR count). The summed E-state index contributed by atoms with van der Waals surface area (Å²) in [6.07, 6.45) is 0.404. The third kappa shape index (κ3) is 6.20. The average molecular weight is 264 g/mol. The highest BCUT2D eigenvalue weighted by Gasteiger charge is 2.03. The van der Waals surface area contributed by atoms with Crippen LogP contribution in [-0.2, 0) is 6.42 Å². The molecule has 5 heteroatoms. The Kier molecular flexibility index (Phi) is 7.59. The van der Waals surface area contributed by atoms with E-state index >= 15 is 0 Å². The number of aliphatic hydroxyl groups is 2. The average Bonchev–Trinajstić information content (AvgIpc) is 2.41. The predicted molar refractivity (Wildman–Crippen MR) is 71.9 cm³/mol. The molecule has 0 aliphatic rings. The maximum absolute atomic E-state index is 8.87. The van der Waals surface area contributed by atoms with Crippen molar-refractivity contribution >= 4 is 0 Å². The van der Waals surface area contributed by atoms with Gasteiger partial charge in [-0.05, 0) is 17.7 Å². The van der Waals surface area contributed by atoms with Crippen LogP contribution in [0.3, 0.4) is 0 Å². The number of aliphatic hydroxyl groups excluding tert-OH is 2. The Balaban J connectivity index is 2.33. The fourth-order valence-corrected chi connectivity index (χ4v) is 1.71. The van der Waals surface area contributed by atoms with Gasteiger partial charge < -0.3 is 14.9 Å². The van der Waals surface area contributed by atoms with Crippen molar-refractivity contribution in [1.82, 2.24) is 4.90 Å². The van der Waals surface area contributed by atoms with Crippen LogP contribution in [0.5, 0.6) is 5.75 Å². The summed E-state index contributed by atoms with van der Waals surface area (Å²) < 4.78 is 5.57. The zero-order valence-corrected chi connectivity index (χ0v) is 11.0. The van der Waals surface area contributed by atoms with Crippen LogP contribution < -0.4 is 4.74 Å². The third-order valence-corrected chi connectivity index (χ3v) is 2.72. The van der Waals surface area contributed by atoms with Crippen molar-refractivity contribution in [3.8, 4) is 11.8 Å². The highest BCUT2D eigenvalue weighted by Crippen LogP contribution is 2.12. The third-order valence-electron chi connectivity index (χ3n) is 2.72. The molecule has 0 atom stereocenters. The Morgan fingerprint density at radius 1 is 1.05 bits per heavy atom. The molecule has 19 heavy (non-hydrogen) atoms. The second kappa shape index (κ2) is 9.34. The summed E-state index contributed by atoms with van der Waals surface area (Å²) in [6.45, 7) is 2.36. The molecular weight excluding hydrogens is 244 g/mol. The molecule has 0 unspecified atom stereocenters. The van der Waals surface area contributed by atoms with Crippen molar-refractivity contribution < 1.29 is 14.9 Å².